The Morgan fingerprint density at radius 1 is 1.15 bits per heavy atom. The van der Waals surface area contributed by atoms with E-state index in [1.807, 2.05) is 45.0 Å². The lowest BCUT2D eigenvalue weighted by molar-refractivity contribution is -0.131. The molecule has 142 valence electrons. The number of aromatic nitrogens is 2. The Morgan fingerprint density at radius 2 is 1.85 bits per heavy atom. The number of fused-ring (bicyclic) bond motifs is 1. The molecule has 2 amide bonds. The minimum absolute atomic E-state index is 0.00869. The van der Waals surface area contributed by atoms with Crippen molar-refractivity contribution in [1.82, 2.24) is 14.7 Å². The normalized spacial score (nSPS) is 15.5. The third-order valence-electron chi connectivity index (χ3n) is 4.91. The molecular weight excluding hydrogens is 344 g/mol. The maximum absolute atomic E-state index is 13.1. The number of carbonyl (C=O) groups is 2. The van der Waals surface area contributed by atoms with Crippen LogP contribution in [0, 0.1) is 0 Å². The standard InChI is InChI=1S/C20H24N4O3/c1-4-22(5-2)19(26)13-23-18(25)11-10-16(21-23)20(27)24-14(3)12-15-8-6-7-9-17(15)24/h6-11,14H,4-5,12-13H2,1-3H3/t14-/m1/s1. The van der Waals surface area contributed by atoms with Crippen molar-refractivity contribution in [1.29, 1.82) is 0 Å². The first-order chi connectivity index (χ1) is 13.0. The summed E-state index contributed by atoms with van der Waals surface area (Å²) in [6, 6.07) is 10.5. The zero-order valence-electron chi connectivity index (χ0n) is 15.9. The van der Waals surface area contributed by atoms with Crippen LogP contribution in [0.3, 0.4) is 0 Å². The highest BCUT2D eigenvalue weighted by Gasteiger charge is 2.32. The number of carbonyl (C=O) groups excluding carboxylic acids is 2. The molecule has 1 aliphatic rings. The van der Waals surface area contributed by atoms with E-state index in [1.54, 1.807) is 9.80 Å². The summed E-state index contributed by atoms with van der Waals surface area (Å²) in [7, 11) is 0. The van der Waals surface area contributed by atoms with Crippen LogP contribution in [0.5, 0.6) is 0 Å². The molecule has 7 heteroatoms. The van der Waals surface area contributed by atoms with Gasteiger partial charge in [-0.2, -0.15) is 5.10 Å². The van der Waals surface area contributed by atoms with E-state index in [2.05, 4.69) is 5.10 Å². The fraction of sp³-hybridized carbons (Fsp3) is 0.400. The maximum atomic E-state index is 13.1. The minimum atomic E-state index is -0.401. The van der Waals surface area contributed by atoms with Gasteiger partial charge in [-0.15, -0.1) is 0 Å². The van der Waals surface area contributed by atoms with Crippen molar-refractivity contribution in [2.75, 3.05) is 18.0 Å². The first-order valence-electron chi connectivity index (χ1n) is 9.23. The van der Waals surface area contributed by atoms with Gasteiger partial charge in [-0.25, -0.2) is 4.68 Å². The molecule has 2 aromatic rings. The van der Waals surface area contributed by atoms with Gasteiger partial charge in [0.2, 0.25) is 5.91 Å². The van der Waals surface area contributed by atoms with Crippen molar-refractivity contribution in [2.24, 2.45) is 0 Å². The molecule has 0 radical (unpaired) electrons. The summed E-state index contributed by atoms with van der Waals surface area (Å²) in [5.74, 6) is -0.462. The third-order valence-corrected chi connectivity index (χ3v) is 4.91. The van der Waals surface area contributed by atoms with Crippen molar-refractivity contribution in [3.05, 3.63) is 58.0 Å². The summed E-state index contributed by atoms with van der Waals surface area (Å²) in [6.07, 6.45) is 0.780. The molecule has 0 N–H and O–H groups in total. The molecule has 0 aliphatic carbocycles. The largest absolute Gasteiger partial charge is 0.342 e. The lowest BCUT2D eigenvalue weighted by Crippen LogP contribution is -2.40. The summed E-state index contributed by atoms with van der Waals surface area (Å²) in [5, 5.41) is 4.18. The van der Waals surface area contributed by atoms with Gasteiger partial charge in [0.05, 0.1) is 0 Å². The van der Waals surface area contributed by atoms with Gasteiger partial charge in [0.25, 0.3) is 11.5 Å². The van der Waals surface area contributed by atoms with Crippen LogP contribution in [0.25, 0.3) is 0 Å². The van der Waals surface area contributed by atoms with E-state index in [0.29, 0.717) is 13.1 Å². The smallest absolute Gasteiger partial charge is 0.278 e. The van der Waals surface area contributed by atoms with Crippen LogP contribution in [0.2, 0.25) is 0 Å². The second-order valence-electron chi connectivity index (χ2n) is 6.64. The van der Waals surface area contributed by atoms with Crippen molar-refractivity contribution in [2.45, 2.75) is 39.8 Å². The van der Waals surface area contributed by atoms with E-state index in [-0.39, 0.29) is 30.1 Å². The van der Waals surface area contributed by atoms with Crippen molar-refractivity contribution in [3.63, 3.8) is 0 Å². The summed E-state index contributed by atoms with van der Waals surface area (Å²) in [5.41, 5.74) is 1.74. The number of benzene rings is 1. The predicted octanol–water partition coefficient (Wildman–Crippen LogP) is 1.70. The SMILES string of the molecule is CCN(CC)C(=O)Cn1nc(C(=O)N2c3ccccc3C[C@H]2C)ccc1=O. The first-order valence-corrected chi connectivity index (χ1v) is 9.23. The predicted molar refractivity (Wildman–Crippen MR) is 103 cm³/mol. The van der Waals surface area contributed by atoms with Crippen LogP contribution in [-0.4, -0.2) is 45.6 Å². The van der Waals surface area contributed by atoms with Gasteiger partial charge in [0.1, 0.15) is 12.2 Å². The second-order valence-corrected chi connectivity index (χ2v) is 6.64. The minimum Gasteiger partial charge on any atom is -0.342 e. The average Bonchev–Trinajstić information content (AvgIpc) is 2.99. The van der Waals surface area contributed by atoms with Gasteiger partial charge in [0, 0.05) is 30.9 Å². The summed E-state index contributed by atoms with van der Waals surface area (Å²) in [6.45, 7) is 6.69. The molecule has 1 aliphatic heterocycles. The van der Waals surface area contributed by atoms with E-state index in [4.69, 9.17) is 0 Å². The lowest BCUT2D eigenvalue weighted by atomic mass is 10.1. The Bertz CT molecular complexity index is 917. The van der Waals surface area contributed by atoms with E-state index >= 15 is 0 Å². The lowest BCUT2D eigenvalue weighted by Gasteiger charge is -2.22. The van der Waals surface area contributed by atoms with Crippen molar-refractivity contribution >= 4 is 17.5 Å². The molecule has 0 spiro atoms. The van der Waals surface area contributed by atoms with Crippen LogP contribution < -0.4 is 10.5 Å². The number of hydrogen-bond acceptors (Lipinski definition) is 4. The molecule has 7 nitrogen and oxygen atoms in total. The third kappa shape index (κ3) is 3.63. The van der Waals surface area contributed by atoms with Crippen LogP contribution in [0.1, 0.15) is 36.8 Å². The molecule has 1 aromatic heterocycles. The van der Waals surface area contributed by atoms with Gasteiger partial charge in [-0.3, -0.25) is 14.4 Å². The number of likely N-dealkylation sites (N-methyl/N-ethyl adjacent to an activating group) is 1. The highest BCUT2D eigenvalue weighted by Crippen LogP contribution is 2.32. The van der Waals surface area contributed by atoms with E-state index in [1.165, 1.54) is 12.1 Å². The number of para-hydroxylation sites is 1. The van der Waals surface area contributed by atoms with Gasteiger partial charge >= 0.3 is 0 Å². The average molecular weight is 368 g/mol. The Morgan fingerprint density at radius 3 is 2.56 bits per heavy atom. The zero-order valence-corrected chi connectivity index (χ0v) is 15.9. The Balaban J connectivity index is 1.89. The first kappa shape index (κ1) is 18.8. The molecule has 0 fully saturated rings. The van der Waals surface area contributed by atoms with Crippen molar-refractivity contribution < 1.29 is 9.59 Å². The number of amides is 2. The quantitative estimate of drug-likeness (QED) is 0.805. The van der Waals surface area contributed by atoms with Gasteiger partial charge in [-0.1, -0.05) is 18.2 Å². The Labute approximate surface area is 158 Å². The topological polar surface area (TPSA) is 75.5 Å². The highest BCUT2D eigenvalue weighted by atomic mass is 16.2. The summed E-state index contributed by atoms with van der Waals surface area (Å²) >= 11 is 0. The molecular formula is C20H24N4O3. The number of hydrogen-bond donors (Lipinski definition) is 0. The van der Waals surface area contributed by atoms with Gasteiger partial charge < -0.3 is 9.80 Å². The van der Waals surface area contributed by atoms with Crippen molar-refractivity contribution in [3.8, 4) is 0 Å². The molecule has 0 unspecified atom stereocenters. The molecule has 1 atom stereocenters. The molecule has 0 saturated carbocycles. The maximum Gasteiger partial charge on any atom is 0.278 e. The monoisotopic (exact) mass is 368 g/mol. The van der Waals surface area contributed by atoms with E-state index in [0.717, 1.165) is 22.4 Å². The summed E-state index contributed by atoms with van der Waals surface area (Å²) < 4.78 is 1.07. The van der Waals surface area contributed by atoms with E-state index in [9.17, 15) is 14.4 Å². The molecule has 0 bridgehead atoms. The molecule has 0 saturated heterocycles. The van der Waals surface area contributed by atoms with Crippen LogP contribution >= 0.6 is 0 Å². The van der Waals surface area contributed by atoms with Gasteiger partial charge in [0.15, 0.2) is 0 Å². The summed E-state index contributed by atoms with van der Waals surface area (Å²) in [4.78, 5) is 40.8. The fourth-order valence-corrected chi connectivity index (χ4v) is 3.48. The molecule has 3 rings (SSSR count). The second kappa shape index (κ2) is 7.73. The fourth-order valence-electron chi connectivity index (χ4n) is 3.48. The van der Waals surface area contributed by atoms with Gasteiger partial charge in [-0.05, 0) is 44.9 Å². The van der Waals surface area contributed by atoms with E-state index < -0.39 is 5.56 Å². The molecule has 27 heavy (non-hydrogen) atoms. The van der Waals surface area contributed by atoms with Crippen LogP contribution in [-0.2, 0) is 17.8 Å². The Kier molecular flexibility index (Phi) is 5.39. The molecule has 2 heterocycles. The number of anilines is 1. The highest BCUT2D eigenvalue weighted by molar-refractivity contribution is 6.06. The van der Waals surface area contributed by atoms with Crippen LogP contribution in [0.4, 0.5) is 5.69 Å². The number of rotatable bonds is 5. The number of nitrogens with zero attached hydrogens (tertiary/aromatic N) is 4. The van der Waals surface area contributed by atoms with Crippen LogP contribution in [0.15, 0.2) is 41.2 Å². The Hall–Kier alpha value is -2.96. The zero-order chi connectivity index (χ0) is 19.6. The molecule has 1 aromatic carbocycles.